The van der Waals surface area contributed by atoms with Gasteiger partial charge in [-0.25, -0.2) is 14.4 Å². The Morgan fingerprint density at radius 2 is 1.80 bits per heavy atom. The maximum Gasteiger partial charge on any atom is 0.411 e. The normalized spacial score (nSPS) is 17.4. The SMILES string of the molecule is COC(=O)c1c(C)[nH]c(C(=O)[C@@H](C)OC(=O)[C@@H]2CCCN2C(=O)OC(C)(C)C)c1C. The van der Waals surface area contributed by atoms with Gasteiger partial charge in [-0.1, -0.05) is 0 Å². The van der Waals surface area contributed by atoms with Gasteiger partial charge in [0.15, 0.2) is 6.10 Å². The first-order valence-corrected chi connectivity index (χ1v) is 9.89. The van der Waals surface area contributed by atoms with Crippen LogP contribution in [0.1, 0.15) is 72.6 Å². The number of esters is 2. The van der Waals surface area contributed by atoms with Gasteiger partial charge in [0.05, 0.1) is 18.4 Å². The van der Waals surface area contributed by atoms with Crippen LogP contribution in [-0.4, -0.2) is 65.1 Å². The highest BCUT2D eigenvalue weighted by atomic mass is 16.6. The molecule has 1 aliphatic rings. The van der Waals surface area contributed by atoms with Crippen LogP contribution in [0.15, 0.2) is 0 Å². The van der Waals surface area contributed by atoms with Gasteiger partial charge in [0.25, 0.3) is 0 Å². The number of methoxy groups -OCH3 is 1. The van der Waals surface area contributed by atoms with Crippen molar-refractivity contribution in [2.75, 3.05) is 13.7 Å². The molecule has 0 aliphatic carbocycles. The molecule has 1 amide bonds. The van der Waals surface area contributed by atoms with Crippen LogP contribution in [0.25, 0.3) is 0 Å². The minimum absolute atomic E-state index is 0.184. The summed E-state index contributed by atoms with van der Waals surface area (Å²) in [5.41, 5.74) is 0.712. The van der Waals surface area contributed by atoms with E-state index in [4.69, 9.17) is 14.2 Å². The average molecular weight is 422 g/mol. The van der Waals surface area contributed by atoms with Crippen LogP contribution >= 0.6 is 0 Å². The van der Waals surface area contributed by atoms with E-state index in [-0.39, 0.29) is 11.3 Å². The number of ketones is 1. The van der Waals surface area contributed by atoms with Gasteiger partial charge in [0, 0.05) is 12.2 Å². The number of hydrogen-bond acceptors (Lipinski definition) is 7. The molecule has 1 fully saturated rings. The zero-order valence-electron chi connectivity index (χ0n) is 18.6. The molecular weight excluding hydrogens is 392 g/mol. The Bertz CT molecular complexity index is 850. The lowest BCUT2D eigenvalue weighted by Gasteiger charge is -2.28. The molecule has 9 heteroatoms. The van der Waals surface area contributed by atoms with Gasteiger partial charge >= 0.3 is 18.0 Å². The molecule has 30 heavy (non-hydrogen) atoms. The molecule has 1 aromatic heterocycles. The Labute approximate surface area is 176 Å². The summed E-state index contributed by atoms with van der Waals surface area (Å²) in [6.45, 7) is 10.4. The number of H-pyrrole nitrogens is 1. The number of carbonyl (C=O) groups excluding carboxylic acids is 4. The monoisotopic (exact) mass is 422 g/mol. The molecule has 9 nitrogen and oxygen atoms in total. The number of aromatic amines is 1. The number of aromatic nitrogens is 1. The molecule has 1 saturated heterocycles. The van der Waals surface area contributed by atoms with Crippen LogP contribution in [0.3, 0.4) is 0 Å². The second kappa shape index (κ2) is 8.89. The van der Waals surface area contributed by atoms with Crippen molar-refractivity contribution in [2.45, 2.75) is 72.1 Å². The van der Waals surface area contributed by atoms with Crippen LogP contribution in [0.2, 0.25) is 0 Å². The molecule has 0 saturated carbocycles. The molecule has 1 aromatic rings. The summed E-state index contributed by atoms with van der Waals surface area (Å²) in [5.74, 6) is -1.68. The summed E-state index contributed by atoms with van der Waals surface area (Å²) in [7, 11) is 1.26. The average Bonchev–Trinajstić information content (AvgIpc) is 3.24. The third kappa shape index (κ3) is 5.01. The summed E-state index contributed by atoms with van der Waals surface area (Å²) in [6, 6.07) is -0.799. The summed E-state index contributed by atoms with van der Waals surface area (Å²) >= 11 is 0. The molecule has 0 unspecified atom stereocenters. The molecular formula is C21H30N2O7. The summed E-state index contributed by atoms with van der Waals surface area (Å²) < 4.78 is 15.5. The number of amides is 1. The van der Waals surface area contributed by atoms with E-state index < -0.39 is 41.6 Å². The second-order valence-electron chi connectivity index (χ2n) is 8.39. The van der Waals surface area contributed by atoms with Gasteiger partial charge in [0.1, 0.15) is 11.6 Å². The van der Waals surface area contributed by atoms with E-state index in [1.54, 1.807) is 34.6 Å². The number of carbonyl (C=O) groups is 4. The quantitative estimate of drug-likeness (QED) is 0.441. The maximum atomic E-state index is 12.8. The number of nitrogens with one attached hydrogen (secondary N) is 1. The summed E-state index contributed by atoms with van der Waals surface area (Å²) in [5, 5.41) is 0. The Morgan fingerprint density at radius 3 is 2.37 bits per heavy atom. The second-order valence-corrected chi connectivity index (χ2v) is 8.39. The Balaban J connectivity index is 2.11. The Kier molecular flexibility index (Phi) is 6.95. The van der Waals surface area contributed by atoms with Gasteiger partial charge in [-0.2, -0.15) is 0 Å². The van der Waals surface area contributed by atoms with Gasteiger partial charge in [0.2, 0.25) is 5.78 Å². The lowest BCUT2D eigenvalue weighted by atomic mass is 10.1. The van der Waals surface area contributed by atoms with E-state index in [0.29, 0.717) is 30.6 Å². The molecule has 0 spiro atoms. The molecule has 1 N–H and O–H groups in total. The first kappa shape index (κ1) is 23.4. The molecule has 0 radical (unpaired) electrons. The molecule has 2 atom stereocenters. The van der Waals surface area contributed by atoms with E-state index in [1.165, 1.54) is 18.9 Å². The maximum absolute atomic E-state index is 12.8. The van der Waals surface area contributed by atoms with Crippen molar-refractivity contribution < 1.29 is 33.4 Å². The van der Waals surface area contributed by atoms with Crippen LogP contribution in [0, 0.1) is 13.8 Å². The number of rotatable bonds is 5. The van der Waals surface area contributed by atoms with Crippen LogP contribution in [0.4, 0.5) is 4.79 Å². The van der Waals surface area contributed by atoms with E-state index in [9.17, 15) is 19.2 Å². The molecule has 2 heterocycles. The predicted molar refractivity (Wildman–Crippen MR) is 107 cm³/mol. The first-order chi connectivity index (χ1) is 13.9. The van der Waals surface area contributed by atoms with Gasteiger partial charge < -0.3 is 19.2 Å². The van der Waals surface area contributed by atoms with Crippen LogP contribution < -0.4 is 0 Å². The van der Waals surface area contributed by atoms with E-state index in [0.717, 1.165) is 0 Å². The van der Waals surface area contributed by atoms with Crippen molar-refractivity contribution in [3.63, 3.8) is 0 Å². The number of likely N-dealkylation sites (tertiary alicyclic amines) is 1. The number of nitrogens with zero attached hydrogens (tertiary/aromatic N) is 1. The lowest BCUT2D eigenvalue weighted by molar-refractivity contribution is -0.151. The third-order valence-corrected chi connectivity index (χ3v) is 4.89. The largest absolute Gasteiger partial charge is 0.465 e. The zero-order valence-corrected chi connectivity index (χ0v) is 18.6. The summed E-state index contributed by atoms with van der Waals surface area (Å²) in [4.78, 5) is 54.0. The Morgan fingerprint density at radius 1 is 1.17 bits per heavy atom. The molecule has 2 rings (SSSR count). The van der Waals surface area contributed by atoms with E-state index >= 15 is 0 Å². The van der Waals surface area contributed by atoms with E-state index in [2.05, 4.69) is 4.98 Å². The highest BCUT2D eigenvalue weighted by molar-refractivity contribution is 6.04. The zero-order chi connectivity index (χ0) is 22.8. The fourth-order valence-electron chi connectivity index (χ4n) is 3.47. The fourth-order valence-corrected chi connectivity index (χ4v) is 3.47. The van der Waals surface area contributed by atoms with Gasteiger partial charge in [-0.3, -0.25) is 9.69 Å². The van der Waals surface area contributed by atoms with Crippen LogP contribution in [-0.2, 0) is 19.0 Å². The van der Waals surface area contributed by atoms with Crippen molar-refractivity contribution in [1.82, 2.24) is 9.88 Å². The minimum atomic E-state index is -1.10. The number of ether oxygens (including phenoxy) is 3. The predicted octanol–water partition coefficient (Wildman–Crippen LogP) is 2.93. The molecule has 0 bridgehead atoms. The van der Waals surface area contributed by atoms with Crippen molar-refractivity contribution in [3.8, 4) is 0 Å². The van der Waals surface area contributed by atoms with Gasteiger partial charge in [-0.15, -0.1) is 0 Å². The molecule has 0 aromatic carbocycles. The fraction of sp³-hybridized carbons (Fsp3) is 0.619. The van der Waals surface area contributed by atoms with Crippen molar-refractivity contribution in [3.05, 3.63) is 22.5 Å². The lowest BCUT2D eigenvalue weighted by Crippen LogP contribution is -2.45. The minimum Gasteiger partial charge on any atom is -0.465 e. The Hall–Kier alpha value is -2.84. The molecule has 166 valence electrons. The van der Waals surface area contributed by atoms with Crippen LogP contribution in [0.5, 0.6) is 0 Å². The third-order valence-electron chi connectivity index (χ3n) is 4.89. The topological polar surface area (TPSA) is 115 Å². The van der Waals surface area contributed by atoms with Crippen molar-refractivity contribution in [1.29, 1.82) is 0 Å². The highest BCUT2D eigenvalue weighted by Crippen LogP contribution is 2.24. The molecule has 1 aliphatic heterocycles. The number of Topliss-reactive ketones (excluding diaryl/α,β-unsaturated/α-hetero) is 1. The standard InChI is InChI=1S/C21H30N2O7/c1-11-15(19(26)28-7)12(2)22-16(11)17(24)13(3)29-18(25)14-9-8-10-23(14)20(27)30-21(4,5)6/h13-14,22H,8-10H2,1-7H3/t13-,14+/m1/s1. The first-order valence-electron chi connectivity index (χ1n) is 9.89. The van der Waals surface area contributed by atoms with E-state index in [1.807, 2.05) is 0 Å². The summed E-state index contributed by atoms with van der Waals surface area (Å²) in [6.07, 6.45) is -0.606. The van der Waals surface area contributed by atoms with Gasteiger partial charge in [-0.05, 0) is 59.9 Å². The number of hydrogen-bond donors (Lipinski definition) is 1. The number of aryl methyl sites for hydroxylation is 1. The smallest absolute Gasteiger partial charge is 0.411 e. The van der Waals surface area contributed by atoms with Crippen molar-refractivity contribution >= 4 is 23.8 Å². The van der Waals surface area contributed by atoms with Crippen molar-refractivity contribution in [2.24, 2.45) is 0 Å². The highest BCUT2D eigenvalue weighted by Gasteiger charge is 2.39.